The lowest BCUT2D eigenvalue weighted by Crippen LogP contribution is -2.00. The Morgan fingerprint density at radius 2 is 1.14 bits per heavy atom. The van der Waals surface area contributed by atoms with Gasteiger partial charge in [0.2, 0.25) is 0 Å². The average molecular weight is 292 g/mol. The summed E-state index contributed by atoms with van der Waals surface area (Å²) in [6.45, 7) is 3.76. The molecule has 0 fully saturated rings. The van der Waals surface area contributed by atoms with Crippen LogP contribution in [0.1, 0.15) is 11.1 Å². The van der Waals surface area contributed by atoms with Crippen LogP contribution in [0.15, 0.2) is 54.8 Å². The fraction of sp³-hybridized carbons (Fsp3) is 0.111. The summed E-state index contributed by atoms with van der Waals surface area (Å²) in [5.74, 6) is 0. The highest BCUT2D eigenvalue weighted by Crippen LogP contribution is 2.34. The van der Waals surface area contributed by atoms with Gasteiger partial charge < -0.3 is 8.83 Å². The molecule has 0 aliphatic rings. The summed E-state index contributed by atoms with van der Waals surface area (Å²) in [4.78, 5) is 23.2. The van der Waals surface area contributed by atoms with Crippen LogP contribution in [0, 0.1) is 13.8 Å². The van der Waals surface area contributed by atoms with Gasteiger partial charge in [-0.3, -0.25) is 0 Å². The molecule has 4 heteroatoms. The first kappa shape index (κ1) is 12.8. The smallest absolute Gasteiger partial charge is 0.336 e. The van der Waals surface area contributed by atoms with Crippen LogP contribution in [0.25, 0.3) is 32.7 Å². The van der Waals surface area contributed by atoms with Gasteiger partial charge in [-0.25, -0.2) is 9.59 Å². The second-order valence-electron chi connectivity index (χ2n) is 5.47. The van der Waals surface area contributed by atoms with E-state index in [0.29, 0.717) is 11.2 Å². The fourth-order valence-corrected chi connectivity index (χ4v) is 3.11. The summed E-state index contributed by atoms with van der Waals surface area (Å²) in [5, 5.41) is 3.70. The number of hydrogen-bond donors (Lipinski definition) is 0. The SMILES string of the molecule is Cc1cc(=O)oc2ccc3ccc4oc(=O)cc(C)c4c3c12. The molecule has 22 heavy (non-hydrogen) atoms. The highest BCUT2D eigenvalue weighted by Gasteiger charge is 2.13. The minimum absolute atomic E-state index is 0.368. The second kappa shape index (κ2) is 4.31. The van der Waals surface area contributed by atoms with Crippen LogP contribution in [0.4, 0.5) is 0 Å². The van der Waals surface area contributed by atoms with Gasteiger partial charge in [-0.1, -0.05) is 12.1 Å². The Labute approximate surface area is 124 Å². The van der Waals surface area contributed by atoms with Gasteiger partial charge in [-0.15, -0.1) is 0 Å². The van der Waals surface area contributed by atoms with Gasteiger partial charge in [0.05, 0.1) is 0 Å². The maximum atomic E-state index is 11.6. The molecule has 4 rings (SSSR count). The summed E-state index contributed by atoms with van der Waals surface area (Å²) in [6, 6.07) is 10.4. The molecule has 0 amide bonds. The zero-order chi connectivity index (χ0) is 15.4. The Balaban J connectivity index is 2.42. The molecule has 0 radical (unpaired) electrons. The van der Waals surface area contributed by atoms with Crippen molar-refractivity contribution in [3.63, 3.8) is 0 Å². The van der Waals surface area contributed by atoms with Crippen molar-refractivity contribution in [2.75, 3.05) is 0 Å². The van der Waals surface area contributed by atoms with Crippen LogP contribution >= 0.6 is 0 Å². The van der Waals surface area contributed by atoms with Gasteiger partial charge in [0.25, 0.3) is 0 Å². The van der Waals surface area contributed by atoms with Gasteiger partial charge in [-0.2, -0.15) is 0 Å². The molecule has 0 saturated heterocycles. The molecule has 0 unspecified atom stereocenters. The molecule has 0 N–H and O–H groups in total. The molecule has 4 aromatic rings. The molecular weight excluding hydrogens is 280 g/mol. The quantitative estimate of drug-likeness (QED) is 0.366. The van der Waals surface area contributed by atoms with Crippen molar-refractivity contribution in [3.05, 3.63) is 68.4 Å². The van der Waals surface area contributed by atoms with Crippen LogP contribution in [0.3, 0.4) is 0 Å². The van der Waals surface area contributed by atoms with Crippen molar-refractivity contribution in [2.45, 2.75) is 13.8 Å². The molecule has 4 nitrogen and oxygen atoms in total. The second-order valence-corrected chi connectivity index (χ2v) is 5.47. The Bertz CT molecular complexity index is 1090. The largest absolute Gasteiger partial charge is 0.423 e. The molecule has 0 bridgehead atoms. The number of rotatable bonds is 0. The van der Waals surface area contributed by atoms with Crippen LogP contribution < -0.4 is 11.3 Å². The van der Waals surface area contributed by atoms with E-state index in [9.17, 15) is 9.59 Å². The van der Waals surface area contributed by atoms with E-state index in [2.05, 4.69) is 0 Å². The standard InChI is InChI=1S/C18H12O4/c1-9-7-14(19)21-12-5-3-11-4-6-13-17(18(11)16(9)12)10(2)8-15(20)22-13/h3-8H,1-2H3. The third kappa shape index (κ3) is 1.70. The topological polar surface area (TPSA) is 60.4 Å². The fourth-order valence-electron chi connectivity index (χ4n) is 3.11. The summed E-state index contributed by atoms with van der Waals surface area (Å²) >= 11 is 0. The first-order chi connectivity index (χ1) is 10.5. The lowest BCUT2D eigenvalue weighted by atomic mass is 9.97. The van der Waals surface area contributed by atoms with E-state index in [1.807, 2.05) is 26.0 Å². The van der Waals surface area contributed by atoms with Gasteiger partial charge in [0.15, 0.2) is 0 Å². The molecule has 108 valence electrons. The lowest BCUT2D eigenvalue weighted by molar-refractivity contribution is 0.559. The number of benzene rings is 2. The van der Waals surface area contributed by atoms with Crippen LogP contribution in [0.5, 0.6) is 0 Å². The van der Waals surface area contributed by atoms with Gasteiger partial charge >= 0.3 is 11.3 Å². The van der Waals surface area contributed by atoms with Gasteiger partial charge in [0, 0.05) is 28.3 Å². The zero-order valence-corrected chi connectivity index (χ0v) is 12.1. The normalized spacial score (nSPS) is 11.5. The van der Waals surface area contributed by atoms with Crippen LogP contribution in [-0.4, -0.2) is 0 Å². The first-order valence-corrected chi connectivity index (χ1v) is 6.95. The predicted molar refractivity (Wildman–Crippen MR) is 85.5 cm³/mol. The van der Waals surface area contributed by atoms with Crippen molar-refractivity contribution in [1.82, 2.24) is 0 Å². The Kier molecular flexibility index (Phi) is 2.51. The zero-order valence-electron chi connectivity index (χ0n) is 12.1. The predicted octanol–water partition coefficient (Wildman–Crippen LogP) is 3.67. The van der Waals surface area contributed by atoms with Gasteiger partial charge in [0.1, 0.15) is 11.2 Å². The Morgan fingerprint density at radius 1 is 0.682 bits per heavy atom. The van der Waals surface area contributed by atoms with E-state index < -0.39 is 0 Å². The third-order valence-corrected chi connectivity index (χ3v) is 3.99. The van der Waals surface area contributed by atoms with Crippen molar-refractivity contribution in [1.29, 1.82) is 0 Å². The monoisotopic (exact) mass is 292 g/mol. The van der Waals surface area contributed by atoms with E-state index in [4.69, 9.17) is 8.83 Å². The average Bonchev–Trinajstić information content (AvgIpc) is 2.45. The molecule has 0 aliphatic heterocycles. The highest BCUT2D eigenvalue weighted by atomic mass is 16.4. The molecule has 0 atom stereocenters. The van der Waals surface area contributed by atoms with E-state index in [0.717, 1.165) is 32.7 Å². The number of aryl methyl sites for hydroxylation is 2. The van der Waals surface area contributed by atoms with E-state index in [-0.39, 0.29) is 11.3 Å². The van der Waals surface area contributed by atoms with Gasteiger partial charge in [-0.05, 0) is 42.5 Å². The van der Waals surface area contributed by atoms with E-state index in [1.54, 1.807) is 12.1 Å². The maximum absolute atomic E-state index is 11.6. The molecule has 0 spiro atoms. The lowest BCUT2D eigenvalue weighted by Gasteiger charge is -2.10. The number of hydrogen-bond acceptors (Lipinski definition) is 4. The van der Waals surface area contributed by atoms with Crippen LogP contribution in [0.2, 0.25) is 0 Å². The summed E-state index contributed by atoms with van der Waals surface area (Å²) < 4.78 is 10.6. The minimum Gasteiger partial charge on any atom is -0.423 e. The Morgan fingerprint density at radius 3 is 1.59 bits per heavy atom. The first-order valence-electron chi connectivity index (χ1n) is 6.95. The molecular formula is C18H12O4. The molecule has 0 saturated carbocycles. The Hall–Kier alpha value is -2.88. The summed E-state index contributed by atoms with van der Waals surface area (Å²) in [7, 11) is 0. The minimum atomic E-state index is -0.368. The van der Waals surface area contributed by atoms with Crippen molar-refractivity contribution in [2.24, 2.45) is 0 Å². The van der Waals surface area contributed by atoms with Crippen LogP contribution in [-0.2, 0) is 0 Å². The van der Waals surface area contributed by atoms with Crippen molar-refractivity contribution < 1.29 is 8.83 Å². The van der Waals surface area contributed by atoms with E-state index >= 15 is 0 Å². The number of fused-ring (bicyclic) bond motifs is 5. The molecule has 2 heterocycles. The summed E-state index contributed by atoms with van der Waals surface area (Å²) in [6.07, 6.45) is 0. The maximum Gasteiger partial charge on any atom is 0.336 e. The molecule has 2 aromatic heterocycles. The molecule has 2 aromatic carbocycles. The molecule has 0 aliphatic carbocycles. The van der Waals surface area contributed by atoms with Crippen molar-refractivity contribution in [3.8, 4) is 0 Å². The van der Waals surface area contributed by atoms with Crippen molar-refractivity contribution >= 4 is 32.7 Å². The third-order valence-electron chi connectivity index (χ3n) is 3.99. The van der Waals surface area contributed by atoms with E-state index in [1.165, 1.54) is 12.1 Å². The summed E-state index contributed by atoms with van der Waals surface area (Å²) in [5.41, 5.74) is 2.02. The highest BCUT2D eigenvalue weighted by molar-refractivity contribution is 6.19.